The van der Waals surface area contributed by atoms with Crippen molar-refractivity contribution in [3.63, 3.8) is 0 Å². The Morgan fingerprint density at radius 2 is 1.69 bits per heavy atom. The molecule has 0 aliphatic carbocycles. The summed E-state index contributed by atoms with van der Waals surface area (Å²) in [6.45, 7) is 2.05. The van der Waals surface area contributed by atoms with Crippen LogP contribution in [0, 0.1) is 6.92 Å². The zero-order valence-corrected chi connectivity index (χ0v) is 10.7. The van der Waals surface area contributed by atoms with E-state index in [1.165, 1.54) is 11.1 Å². The predicted octanol–water partition coefficient (Wildman–Crippen LogP) is 3.13. The highest BCUT2D eigenvalue weighted by molar-refractivity contribution is 7.90. The smallest absolute Gasteiger partial charge is 0.175 e. The van der Waals surface area contributed by atoms with Crippen LogP contribution < -0.4 is 0 Å². The Kier molecular flexibility index (Phi) is 2.86. The first-order valence-corrected chi connectivity index (χ1v) is 7.59. The molecule has 0 saturated carbocycles. The van der Waals surface area contributed by atoms with Crippen LogP contribution in [0.2, 0.25) is 0 Å². The molecule has 0 radical (unpaired) electrons. The third kappa shape index (κ3) is 2.33. The van der Waals surface area contributed by atoms with Gasteiger partial charge in [-0.25, -0.2) is 8.42 Å². The van der Waals surface area contributed by atoms with Crippen LogP contribution in [0.15, 0.2) is 40.6 Å². The predicted molar refractivity (Wildman–Crippen MR) is 67.6 cm³/mol. The van der Waals surface area contributed by atoms with E-state index in [1.54, 1.807) is 23.5 Å². The second kappa shape index (κ2) is 4.03. The molecule has 0 atom stereocenters. The molecule has 84 valence electrons. The molecule has 0 unspecified atom stereocenters. The molecule has 0 N–H and O–H groups in total. The van der Waals surface area contributed by atoms with E-state index in [2.05, 4.69) is 18.4 Å². The van der Waals surface area contributed by atoms with Crippen molar-refractivity contribution in [1.82, 2.24) is 0 Å². The van der Waals surface area contributed by atoms with Crippen molar-refractivity contribution in [2.24, 2.45) is 0 Å². The van der Waals surface area contributed by atoms with Crippen LogP contribution in [0.1, 0.15) is 4.88 Å². The fraction of sp³-hybridized carbons (Fsp3) is 0.167. The fourth-order valence-electron chi connectivity index (χ4n) is 1.49. The minimum atomic E-state index is -3.09. The van der Waals surface area contributed by atoms with E-state index >= 15 is 0 Å². The SMILES string of the molecule is Cc1cc(-c2ccc(S(C)(=O)=O)cc2)cs1. The molecule has 0 saturated heterocycles. The van der Waals surface area contributed by atoms with Gasteiger partial charge < -0.3 is 0 Å². The van der Waals surface area contributed by atoms with Gasteiger partial charge in [0.2, 0.25) is 0 Å². The lowest BCUT2D eigenvalue weighted by Crippen LogP contribution is -1.95. The summed E-state index contributed by atoms with van der Waals surface area (Å²) in [7, 11) is -3.09. The van der Waals surface area contributed by atoms with Crippen molar-refractivity contribution in [3.05, 3.63) is 40.6 Å². The molecular formula is C12H12O2S2. The van der Waals surface area contributed by atoms with Crippen LogP contribution in [0.4, 0.5) is 0 Å². The van der Waals surface area contributed by atoms with Gasteiger partial charge in [-0.15, -0.1) is 11.3 Å². The first-order chi connectivity index (χ1) is 7.47. The Hall–Kier alpha value is -1.13. The molecule has 0 fully saturated rings. The standard InChI is InChI=1S/C12H12O2S2/c1-9-7-11(8-15-9)10-3-5-12(6-4-10)16(2,13)14/h3-8H,1-2H3. The number of thiophene rings is 1. The van der Waals surface area contributed by atoms with Crippen molar-refractivity contribution in [1.29, 1.82) is 0 Å². The molecule has 1 aromatic carbocycles. The molecule has 2 aromatic rings. The van der Waals surface area contributed by atoms with E-state index in [4.69, 9.17) is 0 Å². The van der Waals surface area contributed by atoms with Crippen LogP contribution in [0.3, 0.4) is 0 Å². The first kappa shape index (κ1) is 11.4. The topological polar surface area (TPSA) is 34.1 Å². The van der Waals surface area contributed by atoms with E-state index in [0.29, 0.717) is 4.90 Å². The van der Waals surface area contributed by atoms with Gasteiger partial charge >= 0.3 is 0 Å². The van der Waals surface area contributed by atoms with Gasteiger partial charge in [0.15, 0.2) is 9.84 Å². The van der Waals surface area contributed by atoms with Gasteiger partial charge in [0.1, 0.15) is 0 Å². The molecule has 0 spiro atoms. The monoisotopic (exact) mass is 252 g/mol. The second-order valence-corrected chi connectivity index (χ2v) is 6.87. The molecular weight excluding hydrogens is 240 g/mol. The quantitative estimate of drug-likeness (QED) is 0.823. The molecule has 1 aromatic heterocycles. The van der Waals surface area contributed by atoms with E-state index in [0.717, 1.165) is 11.1 Å². The molecule has 2 nitrogen and oxygen atoms in total. The minimum Gasteiger partial charge on any atom is -0.224 e. The van der Waals surface area contributed by atoms with Crippen molar-refractivity contribution in [2.75, 3.05) is 6.26 Å². The van der Waals surface area contributed by atoms with Crippen molar-refractivity contribution in [3.8, 4) is 11.1 Å². The zero-order chi connectivity index (χ0) is 11.8. The number of rotatable bonds is 2. The summed E-state index contributed by atoms with van der Waals surface area (Å²) in [6, 6.07) is 9.09. The summed E-state index contributed by atoms with van der Waals surface area (Å²) in [5.74, 6) is 0. The average Bonchev–Trinajstić information content (AvgIpc) is 2.64. The van der Waals surface area contributed by atoms with Gasteiger partial charge in [0.25, 0.3) is 0 Å². The summed E-state index contributed by atoms with van der Waals surface area (Å²) in [5, 5.41) is 2.07. The van der Waals surface area contributed by atoms with E-state index in [-0.39, 0.29) is 0 Å². The summed E-state index contributed by atoms with van der Waals surface area (Å²) in [6.07, 6.45) is 1.22. The number of hydrogen-bond donors (Lipinski definition) is 0. The lowest BCUT2D eigenvalue weighted by Gasteiger charge is -2.00. The molecule has 2 rings (SSSR count). The highest BCUT2D eigenvalue weighted by atomic mass is 32.2. The van der Waals surface area contributed by atoms with Crippen molar-refractivity contribution in [2.45, 2.75) is 11.8 Å². The average molecular weight is 252 g/mol. The summed E-state index contributed by atoms with van der Waals surface area (Å²) >= 11 is 1.69. The normalized spacial score (nSPS) is 11.6. The Balaban J connectivity index is 2.40. The van der Waals surface area contributed by atoms with E-state index < -0.39 is 9.84 Å². The van der Waals surface area contributed by atoms with Gasteiger partial charge in [-0.3, -0.25) is 0 Å². The van der Waals surface area contributed by atoms with Gasteiger partial charge in [0.05, 0.1) is 4.90 Å². The van der Waals surface area contributed by atoms with Gasteiger partial charge in [-0.05, 0) is 41.6 Å². The Bertz CT molecular complexity index is 592. The van der Waals surface area contributed by atoms with E-state index in [1.807, 2.05) is 12.1 Å². The maximum Gasteiger partial charge on any atom is 0.175 e. The van der Waals surface area contributed by atoms with Gasteiger partial charge in [-0.2, -0.15) is 0 Å². The summed E-state index contributed by atoms with van der Waals surface area (Å²) in [5.41, 5.74) is 2.19. The number of sulfone groups is 1. The number of aryl methyl sites for hydroxylation is 1. The first-order valence-electron chi connectivity index (χ1n) is 4.82. The van der Waals surface area contributed by atoms with Crippen molar-refractivity contribution < 1.29 is 8.42 Å². The van der Waals surface area contributed by atoms with Crippen LogP contribution in [-0.4, -0.2) is 14.7 Å². The highest BCUT2D eigenvalue weighted by Gasteiger charge is 2.07. The number of hydrogen-bond acceptors (Lipinski definition) is 3. The zero-order valence-electron chi connectivity index (χ0n) is 9.10. The maximum atomic E-state index is 11.3. The van der Waals surface area contributed by atoms with E-state index in [9.17, 15) is 8.42 Å². The summed E-state index contributed by atoms with van der Waals surface area (Å²) in [4.78, 5) is 1.62. The fourth-order valence-corrected chi connectivity index (χ4v) is 2.83. The van der Waals surface area contributed by atoms with Gasteiger partial charge in [0, 0.05) is 11.1 Å². The molecule has 4 heteroatoms. The molecule has 0 amide bonds. The van der Waals surface area contributed by atoms with Crippen LogP contribution >= 0.6 is 11.3 Å². The van der Waals surface area contributed by atoms with Crippen LogP contribution in [0.25, 0.3) is 11.1 Å². The number of benzene rings is 1. The maximum absolute atomic E-state index is 11.3. The summed E-state index contributed by atoms with van der Waals surface area (Å²) < 4.78 is 22.6. The molecule has 0 bridgehead atoms. The Morgan fingerprint density at radius 1 is 1.06 bits per heavy atom. The molecule has 0 aliphatic heterocycles. The van der Waals surface area contributed by atoms with Crippen LogP contribution in [0.5, 0.6) is 0 Å². The Morgan fingerprint density at radius 3 is 2.12 bits per heavy atom. The van der Waals surface area contributed by atoms with Crippen LogP contribution in [-0.2, 0) is 9.84 Å². The second-order valence-electron chi connectivity index (χ2n) is 3.74. The molecule has 1 heterocycles. The largest absolute Gasteiger partial charge is 0.224 e. The lowest BCUT2D eigenvalue weighted by molar-refractivity contribution is 0.602. The van der Waals surface area contributed by atoms with Gasteiger partial charge in [-0.1, -0.05) is 12.1 Å². The molecule has 0 aliphatic rings. The lowest BCUT2D eigenvalue weighted by atomic mass is 10.1. The third-order valence-corrected chi connectivity index (χ3v) is 4.34. The third-order valence-electron chi connectivity index (χ3n) is 2.35. The molecule has 16 heavy (non-hydrogen) atoms. The van der Waals surface area contributed by atoms with Crippen molar-refractivity contribution >= 4 is 21.2 Å². The minimum absolute atomic E-state index is 0.364. The Labute approximate surface area is 99.5 Å². The highest BCUT2D eigenvalue weighted by Crippen LogP contribution is 2.25.